The zero-order valence-corrected chi connectivity index (χ0v) is 13.9. The Morgan fingerprint density at radius 2 is 1.81 bits per heavy atom. The Morgan fingerprint density at radius 3 is 2.24 bits per heavy atom. The molecule has 1 aliphatic carbocycles. The van der Waals surface area contributed by atoms with Crippen LogP contribution >= 0.6 is 0 Å². The Balaban J connectivity index is 0.00000220. The first-order valence-corrected chi connectivity index (χ1v) is 6.98. The van der Waals surface area contributed by atoms with Gasteiger partial charge in [0.05, 0.1) is 0 Å². The van der Waals surface area contributed by atoms with Gasteiger partial charge in [0.2, 0.25) is 5.00 Å². The normalized spacial score (nSPS) is 21.4. The second-order valence-electron chi connectivity index (χ2n) is 4.27. The molecule has 1 atom stereocenters. The van der Waals surface area contributed by atoms with Crippen molar-refractivity contribution in [3.05, 3.63) is 59.4 Å². The van der Waals surface area contributed by atoms with E-state index in [1.54, 1.807) is 0 Å². The number of hydrogen-bond acceptors (Lipinski definition) is 4. The number of halogens is 2. The predicted octanol–water partition coefficient (Wildman–Crippen LogP) is -0.890. The Hall–Kier alpha value is -0.860. The molecule has 0 fully saturated rings. The van der Waals surface area contributed by atoms with Crippen LogP contribution in [0.3, 0.4) is 0 Å². The van der Waals surface area contributed by atoms with Crippen LogP contribution in [-0.4, -0.2) is 23.8 Å². The summed E-state index contributed by atoms with van der Waals surface area (Å²) in [6, 6.07) is 4.71. The van der Waals surface area contributed by atoms with Crippen LogP contribution in [0.4, 0.5) is 8.78 Å². The van der Waals surface area contributed by atoms with E-state index in [-0.39, 0.29) is 40.7 Å². The molecular formula is C13H9F2NaO4S. The third kappa shape index (κ3) is 3.87. The molecule has 0 radical (unpaired) electrons. The van der Waals surface area contributed by atoms with Crippen molar-refractivity contribution in [3.8, 4) is 0 Å². The van der Waals surface area contributed by atoms with Crippen molar-refractivity contribution in [2.75, 3.05) is 0 Å². The van der Waals surface area contributed by atoms with Gasteiger partial charge in [-0.15, -0.1) is 0 Å². The van der Waals surface area contributed by atoms with E-state index < -0.39 is 33.1 Å². The van der Waals surface area contributed by atoms with E-state index in [1.165, 1.54) is 12.1 Å². The maximum absolute atomic E-state index is 13.8. The van der Waals surface area contributed by atoms with Crippen LogP contribution < -0.4 is 29.6 Å². The van der Waals surface area contributed by atoms with Crippen LogP contribution in [0.1, 0.15) is 16.8 Å². The summed E-state index contributed by atoms with van der Waals surface area (Å²) in [5.74, 6) is -1.01. The quantitative estimate of drug-likeness (QED) is 0.411. The third-order valence-corrected chi connectivity index (χ3v) is 4.03. The summed E-state index contributed by atoms with van der Waals surface area (Å²) in [4.78, 5) is 12.0. The van der Waals surface area contributed by atoms with E-state index in [4.69, 9.17) is 0 Å². The van der Waals surface area contributed by atoms with Gasteiger partial charge in [-0.3, -0.25) is 4.79 Å². The molecule has 1 unspecified atom stereocenters. The fourth-order valence-corrected chi connectivity index (χ4v) is 2.24. The molecule has 8 heteroatoms. The maximum atomic E-state index is 13.8. The van der Waals surface area contributed by atoms with Gasteiger partial charge >= 0.3 is 29.6 Å². The summed E-state index contributed by atoms with van der Waals surface area (Å²) in [6.45, 7) is 0. The van der Waals surface area contributed by atoms with Crippen LogP contribution in [0.25, 0.3) is 0 Å². The molecule has 2 rings (SSSR count). The number of ketones is 1. The SMILES string of the molecule is O=C(C1=CCC(F)(S(=O)(=O)[O-])C=C1)c1ccc(F)cc1.[Na+]. The van der Waals surface area contributed by atoms with E-state index in [2.05, 4.69) is 0 Å². The molecule has 0 saturated carbocycles. The molecule has 0 amide bonds. The number of benzene rings is 1. The molecule has 0 heterocycles. The van der Waals surface area contributed by atoms with Crippen LogP contribution in [-0.2, 0) is 10.1 Å². The minimum absolute atomic E-state index is 0. The van der Waals surface area contributed by atoms with Crippen molar-refractivity contribution in [2.24, 2.45) is 0 Å². The van der Waals surface area contributed by atoms with Gasteiger partial charge in [0.15, 0.2) is 5.78 Å². The van der Waals surface area contributed by atoms with Crippen molar-refractivity contribution in [2.45, 2.75) is 11.4 Å². The molecule has 0 bridgehead atoms. The fourth-order valence-electron chi connectivity index (χ4n) is 1.72. The monoisotopic (exact) mass is 322 g/mol. The van der Waals surface area contributed by atoms with Gasteiger partial charge in [-0.25, -0.2) is 17.2 Å². The second kappa shape index (κ2) is 6.50. The molecule has 106 valence electrons. The van der Waals surface area contributed by atoms with E-state index in [0.717, 1.165) is 24.3 Å². The first kappa shape index (κ1) is 18.2. The number of allylic oxidation sites excluding steroid dienone is 3. The average molecular weight is 322 g/mol. The molecule has 1 aromatic carbocycles. The van der Waals surface area contributed by atoms with Gasteiger partial charge in [0.25, 0.3) is 0 Å². The molecule has 1 aliphatic rings. The fraction of sp³-hybridized carbons (Fsp3) is 0.154. The molecular weight excluding hydrogens is 313 g/mol. The van der Waals surface area contributed by atoms with Crippen molar-refractivity contribution in [1.82, 2.24) is 0 Å². The van der Waals surface area contributed by atoms with Gasteiger partial charge in [0, 0.05) is 17.6 Å². The predicted molar refractivity (Wildman–Crippen MR) is 66.1 cm³/mol. The van der Waals surface area contributed by atoms with Gasteiger partial charge in [-0.1, -0.05) is 12.2 Å². The van der Waals surface area contributed by atoms with Gasteiger partial charge in [-0.2, -0.15) is 0 Å². The molecule has 1 aromatic rings. The van der Waals surface area contributed by atoms with Crippen molar-refractivity contribution < 1.29 is 56.1 Å². The summed E-state index contributed by atoms with van der Waals surface area (Å²) in [7, 11) is -5.15. The van der Waals surface area contributed by atoms with E-state index >= 15 is 0 Å². The minimum Gasteiger partial charge on any atom is -0.745 e. The van der Waals surface area contributed by atoms with Crippen molar-refractivity contribution >= 4 is 15.9 Å². The summed E-state index contributed by atoms with van der Waals surface area (Å²) in [6.07, 6.45) is 1.83. The Kier molecular flexibility index (Phi) is 5.63. The molecule has 4 nitrogen and oxygen atoms in total. The van der Waals surface area contributed by atoms with Crippen LogP contribution in [0.2, 0.25) is 0 Å². The van der Waals surface area contributed by atoms with Crippen LogP contribution in [0.5, 0.6) is 0 Å². The molecule has 0 saturated heterocycles. The summed E-state index contributed by atoms with van der Waals surface area (Å²) >= 11 is 0. The molecule has 0 aromatic heterocycles. The number of rotatable bonds is 3. The minimum atomic E-state index is -5.15. The molecule has 0 spiro atoms. The summed E-state index contributed by atoms with van der Waals surface area (Å²) in [5.41, 5.74) is 0.229. The first-order chi connectivity index (χ1) is 9.23. The molecule has 0 N–H and O–H groups in total. The van der Waals surface area contributed by atoms with Crippen molar-refractivity contribution in [3.63, 3.8) is 0 Å². The Labute approximate surface area is 142 Å². The van der Waals surface area contributed by atoms with Crippen LogP contribution in [0.15, 0.2) is 48.1 Å². The summed E-state index contributed by atoms with van der Waals surface area (Å²) < 4.78 is 58.8. The maximum Gasteiger partial charge on any atom is 1.00 e. The van der Waals surface area contributed by atoms with Gasteiger partial charge in [-0.05, 0) is 30.3 Å². The molecule has 0 aliphatic heterocycles. The smallest absolute Gasteiger partial charge is 0.745 e. The first-order valence-electron chi connectivity index (χ1n) is 5.57. The Morgan fingerprint density at radius 1 is 1.24 bits per heavy atom. The Bertz CT molecular complexity index is 710. The topological polar surface area (TPSA) is 74.3 Å². The van der Waals surface area contributed by atoms with Crippen LogP contribution in [0, 0.1) is 5.82 Å². The zero-order valence-electron chi connectivity index (χ0n) is 11.0. The number of alkyl halides is 1. The van der Waals surface area contributed by atoms with E-state index in [1.807, 2.05) is 0 Å². The summed E-state index contributed by atoms with van der Waals surface area (Å²) in [5, 5.41) is -3.03. The number of Topliss-reactive ketones (excluding diaryl/α,β-unsaturated/α-hetero) is 1. The van der Waals surface area contributed by atoms with Crippen molar-refractivity contribution in [1.29, 1.82) is 0 Å². The largest absolute Gasteiger partial charge is 1.00 e. The number of carbonyl (C=O) groups excluding carboxylic acids is 1. The average Bonchev–Trinajstić information content (AvgIpc) is 2.38. The van der Waals surface area contributed by atoms with Gasteiger partial charge in [0.1, 0.15) is 15.9 Å². The second-order valence-corrected chi connectivity index (χ2v) is 5.86. The standard InChI is InChI=1S/C13H10F2O4S.Na/c14-11-3-1-9(2-4-11)12(16)10-5-7-13(15,8-6-10)20(17,18)19;/h1-7H,8H2,(H,17,18,19);/q;+1/p-1. The van der Waals surface area contributed by atoms with E-state index in [0.29, 0.717) is 6.08 Å². The number of hydrogen-bond donors (Lipinski definition) is 0. The zero-order chi connectivity index (χ0) is 15.0. The molecule has 21 heavy (non-hydrogen) atoms. The third-order valence-electron chi connectivity index (χ3n) is 2.90. The van der Waals surface area contributed by atoms with Gasteiger partial charge < -0.3 is 4.55 Å². The van der Waals surface area contributed by atoms with E-state index in [9.17, 15) is 26.5 Å². The number of carbonyl (C=O) groups is 1.